The number of carbonyl (C=O) groups excluding carboxylic acids is 1. The van der Waals surface area contributed by atoms with Gasteiger partial charge in [0.15, 0.2) is 5.96 Å². The number of hydrogen-bond acceptors (Lipinski definition) is 4. The molecule has 0 aliphatic carbocycles. The summed E-state index contributed by atoms with van der Waals surface area (Å²) in [5, 5.41) is 6.28. The van der Waals surface area contributed by atoms with Gasteiger partial charge in [-0.15, -0.1) is 0 Å². The molecule has 0 radical (unpaired) electrons. The third-order valence-corrected chi connectivity index (χ3v) is 5.07. The molecule has 27 heavy (non-hydrogen) atoms. The second kappa shape index (κ2) is 12.2. The highest BCUT2D eigenvalue weighted by molar-refractivity contribution is 5.80. The second-order valence-corrected chi connectivity index (χ2v) is 7.69. The summed E-state index contributed by atoms with van der Waals surface area (Å²) >= 11 is 0. The minimum Gasteiger partial charge on any atom is -0.376 e. The molecule has 7 nitrogen and oxygen atoms in total. The van der Waals surface area contributed by atoms with Gasteiger partial charge >= 0.3 is 0 Å². The van der Waals surface area contributed by atoms with Crippen molar-refractivity contribution in [2.45, 2.75) is 65.1 Å². The van der Waals surface area contributed by atoms with Crippen molar-refractivity contribution in [1.29, 1.82) is 0 Å². The zero-order valence-electron chi connectivity index (χ0n) is 17.3. The van der Waals surface area contributed by atoms with Gasteiger partial charge < -0.3 is 25.0 Å². The summed E-state index contributed by atoms with van der Waals surface area (Å²) in [7, 11) is 0. The van der Waals surface area contributed by atoms with Gasteiger partial charge in [0.05, 0.1) is 25.4 Å². The van der Waals surface area contributed by atoms with Gasteiger partial charge in [0.2, 0.25) is 5.91 Å². The van der Waals surface area contributed by atoms with Crippen molar-refractivity contribution >= 4 is 11.9 Å². The van der Waals surface area contributed by atoms with Gasteiger partial charge in [-0.2, -0.15) is 0 Å². The van der Waals surface area contributed by atoms with Crippen LogP contribution in [0.15, 0.2) is 4.99 Å². The number of nitrogens with zero attached hydrogens (tertiary/aromatic N) is 2. The zero-order chi connectivity index (χ0) is 19.5. The average Bonchev–Trinajstić information content (AvgIpc) is 2.69. The largest absolute Gasteiger partial charge is 0.376 e. The first-order chi connectivity index (χ1) is 13.1. The quantitative estimate of drug-likeness (QED) is 0.380. The van der Waals surface area contributed by atoms with E-state index >= 15 is 0 Å². The normalized spacial score (nSPS) is 22.1. The number of ether oxygens (including phenoxy) is 2. The van der Waals surface area contributed by atoms with Crippen molar-refractivity contribution in [3.05, 3.63) is 0 Å². The van der Waals surface area contributed by atoms with Gasteiger partial charge in [-0.05, 0) is 39.0 Å². The molecule has 0 aromatic rings. The molecule has 0 aromatic carbocycles. The van der Waals surface area contributed by atoms with E-state index < -0.39 is 0 Å². The van der Waals surface area contributed by atoms with Crippen molar-refractivity contribution in [2.24, 2.45) is 10.9 Å². The van der Waals surface area contributed by atoms with E-state index in [1.165, 1.54) is 12.8 Å². The Hall–Kier alpha value is -1.34. The Kier molecular flexibility index (Phi) is 9.91. The lowest BCUT2D eigenvalue weighted by Gasteiger charge is -2.35. The van der Waals surface area contributed by atoms with Crippen molar-refractivity contribution in [1.82, 2.24) is 15.5 Å². The minimum absolute atomic E-state index is 0.0141. The van der Waals surface area contributed by atoms with Crippen LogP contribution < -0.4 is 10.6 Å². The van der Waals surface area contributed by atoms with Crippen LogP contribution in [0, 0.1) is 5.92 Å². The van der Waals surface area contributed by atoms with Gasteiger partial charge in [0.25, 0.3) is 0 Å². The van der Waals surface area contributed by atoms with Gasteiger partial charge in [-0.3, -0.25) is 9.79 Å². The van der Waals surface area contributed by atoms with E-state index in [-0.39, 0.29) is 17.9 Å². The molecule has 2 saturated heterocycles. The summed E-state index contributed by atoms with van der Waals surface area (Å²) < 4.78 is 11.9. The molecule has 2 aliphatic rings. The Morgan fingerprint density at radius 2 is 2.00 bits per heavy atom. The number of nitrogens with one attached hydrogen (secondary N) is 2. The number of hydrogen-bond donors (Lipinski definition) is 2. The molecule has 1 unspecified atom stereocenters. The van der Waals surface area contributed by atoms with Crippen LogP contribution in [0.25, 0.3) is 0 Å². The summed E-state index contributed by atoms with van der Waals surface area (Å²) in [4.78, 5) is 18.6. The second-order valence-electron chi connectivity index (χ2n) is 7.69. The molecular weight excluding hydrogens is 344 g/mol. The number of likely N-dealkylation sites (tertiary alicyclic amines) is 1. The topological polar surface area (TPSA) is 75.2 Å². The lowest BCUT2D eigenvalue weighted by molar-refractivity contribution is -0.123. The molecule has 2 fully saturated rings. The molecule has 2 rings (SSSR count). The highest BCUT2D eigenvalue weighted by Gasteiger charge is 2.23. The number of rotatable bonds is 8. The Bertz CT molecular complexity index is 456. The molecule has 2 heterocycles. The molecule has 156 valence electrons. The standard InChI is InChI=1S/C20H38N4O3/c1-4-21-20(23-11-10-22-19(25)16(2)3)24-12-8-17(9-13-24)27-15-18-7-5-6-14-26-18/h16-18H,4-15H2,1-3H3,(H,21,23)(H,22,25). The lowest BCUT2D eigenvalue weighted by Crippen LogP contribution is -2.47. The van der Waals surface area contributed by atoms with Gasteiger partial charge in [-0.25, -0.2) is 0 Å². The van der Waals surface area contributed by atoms with E-state index in [0.717, 1.165) is 58.1 Å². The first-order valence-electron chi connectivity index (χ1n) is 10.6. The number of aliphatic imine (C=N–C) groups is 1. The monoisotopic (exact) mass is 382 g/mol. The van der Waals surface area contributed by atoms with Crippen LogP contribution in [0.4, 0.5) is 0 Å². The molecular formula is C20H38N4O3. The maximum absolute atomic E-state index is 11.6. The molecule has 1 amide bonds. The summed E-state index contributed by atoms with van der Waals surface area (Å²) in [6.07, 6.45) is 6.21. The molecule has 0 aromatic heterocycles. The van der Waals surface area contributed by atoms with E-state index in [1.807, 2.05) is 13.8 Å². The number of guanidine groups is 1. The predicted octanol–water partition coefficient (Wildman–Crippen LogP) is 1.77. The average molecular weight is 383 g/mol. The van der Waals surface area contributed by atoms with Gasteiger partial charge in [-0.1, -0.05) is 13.8 Å². The fraction of sp³-hybridized carbons (Fsp3) is 0.900. The highest BCUT2D eigenvalue weighted by atomic mass is 16.5. The highest BCUT2D eigenvalue weighted by Crippen LogP contribution is 2.17. The summed E-state index contributed by atoms with van der Waals surface area (Å²) in [5.74, 6) is 1.03. The Balaban J connectivity index is 1.69. The van der Waals surface area contributed by atoms with E-state index in [0.29, 0.717) is 19.2 Å². The fourth-order valence-electron chi connectivity index (χ4n) is 3.39. The van der Waals surface area contributed by atoms with Gasteiger partial charge in [0.1, 0.15) is 0 Å². The first-order valence-corrected chi connectivity index (χ1v) is 10.6. The van der Waals surface area contributed by atoms with Crippen LogP contribution in [0.3, 0.4) is 0 Å². The van der Waals surface area contributed by atoms with Crippen LogP contribution >= 0.6 is 0 Å². The van der Waals surface area contributed by atoms with E-state index in [1.54, 1.807) is 0 Å². The Morgan fingerprint density at radius 1 is 1.22 bits per heavy atom. The maximum Gasteiger partial charge on any atom is 0.222 e. The lowest BCUT2D eigenvalue weighted by atomic mass is 10.1. The molecule has 2 aliphatic heterocycles. The Labute approximate surface area is 164 Å². The van der Waals surface area contributed by atoms with Crippen molar-refractivity contribution in [2.75, 3.05) is 45.9 Å². The molecule has 7 heteroatoms. The van der Waals surface area contributed by atoms with Crippen LogP contribution in [0.2, 0.25) is 0 Å². The van der Waals surface area contributed by atoms with Crippen molar-refractivity contribution < 1.29 is 14.3 Å². The van der Waals surface area contributed by atoms with Crippen molar-refractivity contribution in [3.8, 4) is 0 Å². The van der Waals surface area contributed by atoms with E-state index in [2.05, 4.69) is 27.4 Å². The van der Waals surface area contributed by atoms with Crippen LogP contribution in [-0.2, 0) is 14.3 Å². The summed E-state index contributed by atoms with van der Waals surface area (Å²) in [6, 6.07) is 0. The minimum atomic E-state index is 0.0141. The predicted molar refractivity (Wildman–Crippen MR) is 108 cm³/mol. The van der Waals surface area contributed by atoms with Crippen LogP contribution in [-0.4, -0.2) is 74.9 Å². The molecule has 2 N–H and O–H groups in total. The number of carbonyl (C=O) groups is 1. The van der Waals surface area contributed by atoms with Crippen LogP contribution in [0.1, 0.15) is 52.9 Å². The van der Waals surface area contributed by atoms with Crippen LogP contribution in [0.5, 0.6) is 0 Å². The van der Waals surface area contributed by atoms with Crippen molar-refractivity contribution in [3.63, 3.8) is 0 Å². The molecule has 1 atom stereocenters. The molecule has 0 spiro atoms. The van der Waals surface area contributed by atoms with E-state index in [4.69, 9.17) is 9.47 Å². The number of piperidine rings is 1. The Morgan fingerprint density at radius 3 is 2.63 bits per heavy atom. The number of amides is 1. The third kappa shape index (κ3) is 8.05. The smallest absolute Gasteiger partial charge is 0.222 e. The fourth-order valence-corrected chi connectivity index (χ4v) is 3.39. The zero-order valence-corrected chi connectivity index (χ0v) is 17.3. The third-order valence-electron chi connectivity index (χ3n) is 5.07. The molecule has 0 bridgehead atoms. The molecule has 0 saturated carbocycles. The SMILES string of the molecule is CCNC(=NCCNC(=O)C(C)C)N1CCC(OCC2CCCCO2)CC1. The van der Waals surface area contributed by atoms with Gasteiger partial charge in [0, 0.05) is 38.7 Å². The summed E-state index contributed by atoms with van der Waals surface area (Å²) in [5.41, 5.74) is 0. The van der Waals surface area contributed by atoms with E-state index in [9.17, 15) is 4.79 Å². The maximum atomic E-state index is 11.6. The summed E-state index contributed by atoms with van der Waals surface area (Å²) in [6.45, 7) is 11.4. The first kappa shape index (κ1) is 22.0.